The molecular formula is C70H89Cl3F3N18O13-. The van der Waals surface area contributed by atoms with Gasteiger partial charge in [0.15, 0.2) is 34.4 Å². The molecule has 7 heterocycles. The number of esters is 2. The number of aliphatic hydroxyl groups is 1. The molecule has 12 N–H and O–H groups in total. The number of phenols is 1. The minimum atomic E-state index is -0.641. The van der Waals surface area contributed by atoms with E-state index in [1.807, 2.05) is 18.7 Å². The van der Waals surface area contributed by atoms with E-state index >= 15 is 0 Å². The number of fused-ring (bicyclic) bond motifs is 4. The lowest BCUT2D eigenvalue weighted by Gasteiger charge is -2.25. The summed E-state index contributed by atoms with van der Waals surface area (Å²) in [6.45, 7) is 25.4. The van der Waals surface area contributed by atoms with Crippen molar-refractivity contribution in [2.45, 2.75) is 139 Å². The Hall–Kier alpha value is -10.7. The third-order valence-corrected chi connectivity index (χ3v) is 16.0. The zero-order chi connectivity index (χ0) is 78.2. The monoisotopic (exact) mass is 1550 g/mol. The van der Waals surface area contributed by atoms with E-state index < -0.39 is 77.0 Å². The van der Waals surface area contributed by atoms with Crippen LogP contribution >= 0.6 is 34.8 Å². The van der Waals surface area contributed by atoms with Crippen LogP contribution in [0.15, 0.2) is 73.2 Å². The highest BCUT2D eigenvalue weighted by Gasteiger charge is 2.28. The minimum absolute atomic E-state index is 0. The molecule has 0 spiro atoms. The Kier molecular flexibility index (Phi) is 29.9. The summed E-state index contributed by atoms with van der Waals surface area (Å²) in [7, 11) is 0. The number of nitrogen functional groups attached to an aromatic ring is 3. The Labute approximate surface area is 630 Å². The van der Waals surface area contributed by atoms with Crippen LogP contribution in [-0.4, -0.2) is 159 Å². The highest BCUT2D eigenvalue weighted by Crippen LogP contribution is 2.36. The van der Waals surface area contributed by atoms with Crippen molar-refractivity contribution >= 4 is 117 Å². The molecule has 6 aromatic heterocycles. The number of aliphatic hydroxyl groups excluding tert-OH is 1. The van der Waals surface area contributed by atoms with Crippen LogP contribution in [0, 0.1) is 24.9 Å². The average Bonchev–Trinajstić information content (AvgIpc) is 1.71. The van der Waals surface area contributed by atoms with Gasteiger partial charge in [-0.15, -0.1) is 15.3 Å². The summed E-state index contributed by atoms with van der Waals surface area (Å²) in [5, 5.41) is 41.8. The molecule has 9 aromatic rings. The Bertz CT molecular complexity index is 4630. The summed E-state index contributed by atoms with van der Waals surface area (Å²) < 4.78 is 78.5. The largest absolute Gasteiger partial charge is 0.508 e. The van der Waals surface area contributed by atoms with Crippen molar-refractivity contribution in [3.8, 4) is 17.2 Å². The van der Waals surface area contributed by atoms with Crippen LogP contribution in [0.3, 0.4) is 0 Å². The molecule has 2 bridgehead atoms. The number of halogens is 6. The van der Waals surface area contributed by atoms with E-state index in [0.29, 0.717) is 58.8 Å². The van der Waals surface area contributed by atoms with Crippen molar-refractivity contribution in [2.24, 2.45) is 0 Å². The van der Waals surface area contributed by atoms with Crippen molar-refractivity contribution in [3.63, 3.8) is 0 Å². The molecule has 37 heteroatoms. The van der Waals surface area contributed by atoms with Gasteiger partial charge in [-0.25, -0.2) is 60.8 Å². The maximum absolute atomic E-state index is 14.3. The number of nitrogens with one attached hydrogen (secondary N) is 4. The summed E-state index contributed by atoms with van der Waals surface area (Å²) in [5.74, 6) is -1.27. The number of hydrogen-bond donors (Lipinski definition) is 9. The van der Waals surface area contributed by atoms with Gasteiger partial charge in [0.05, 0.1) is 47.5 Å². The molecule has 3 amide bonds. The first kappa shape index (κ1) is 85.2. The second-order valence-corrected chi connectivity index (χ2v) is 26.6. The van der Waals surface area contributed by atoms with Gasteiger partial charge in [-0.05, 0) is 145 Å². The second-order valence-electron chi connectivity index (χ2n) is 25.5. The number of carbonyl (C=O) groups excluding carboxylic acids is 5. The van der Waals surface area contributed by atoms with Crippen LogP contribution in [-0.2, 0) is 38.6 Å². The predicted molar refractivity (Wildman–Crippen MR) is 400 cm³/mol. The zero-order valence-corrected chi connectivity index (χ0v) is 63.8. The molecule has 0 fully saturated rings. The van der Waals surface area contributed by atoms with E-state index in [1.54, 1.807) is 124 Å². The quantitative estimate of drug-likeness (QED) is 0.0219. The average molecular weight is 1550 g/mol. The lowest BCUT2D eigenvalue weighted by molar-refractivity contribution is 0.0491. The fourth-order valence-corrected chi connectivity index (χ4v) is 10.6. The van der Waals surface area contributed by atoms with E-state index in [2.05, 4.69) is 51.5 Å². The van der Waals surface area contributed by atoms with E-state index in [9.17, 15) is 42.3 Å². The van der Waals surface area contributed by atoms with Gasteiger partial charge in [-0.2, -0.15) is 0 Å². The van der Waals surface area contributed by atoms with Crippen molar-refractivity contribution < 1.29 is 75.8 Å². The van der Waals surface area contributed by atoms with Crippen molar-refractivity contribution in [1.82, 2.24) is 59.7 Å². The van der Waals surface area contributed by atoms with Gasteiger partial charge < -0.3 is 94.3 Å². The number of hydrogen-bond acceptors (Lipinski definition) is 25. The molecule has 0 saturated carbocycles. The van der Waals surface area contributed by atoms with Gasteiger partial charge in [-0.3, -0.25) is 4.79 Å². The first-order valence-corrected chi connectivity index (χ1v) is 34.4. The number of benzene rings is 3. The molecule has 31 nitrogen and oxygen atoms in total. The summed E-state index contributed by atoms with van der Waals surface area (Å²) in [6.07, 6.45) is 2.36. The molecule has 1 aliphatic heterocycles. The minimum Gasteiger partial charge on any atom is -0.508 e. The van der Waals surface area contributed by atoms with Crippen LogP contribution < -0.4 is 57.7 Å². The van der Waals surface area contributed by atoms with Crippen molar-refractivity contribution in [3.05, 3.63) is 147 Å². The van der Waals surface area contributed by atoms with Crippen LogP contribution in [0.2, 0.25) is 15.1 Å². The SMILES string of the molecule is CCN1Cc2c(ccc(F)c2Cl)O[C@@H](C)CNC(=O)c2c(N)nn3ccc1nc23.CCOC(=O)c1c(N)nn2ccc(N(CC)Cc3c(O)ccc(F)c3Cl)nc12.CCOC(=O)c1c(N)nn2ccc(NCc3c(O[C@@H](C)CNC(=O)OC(C)(C)C)ccc(F)c3Cl)nc12.C[C@@H](O)CNC(=O)OC(C)(C)C.[CH3-]. The maximum atomic E-state index is 14.3. The fourth-order valence-electron chi connectivity index (χ4n) is 9.90. The Morgan fingerprint density at radius 2 is 1.23 bits per heavy atom. The van der Waals surface area contributed by atoms with Crippen LogP contribution in [0.5, 0.6) is 17.2 Å². The molecule has 3 atom stereocenters. The van der Waals surface area contributed by atoms with Gasteiger partial charge in [-0.1, -0.05) is 34.8 Å². The summed E-state index contributed by atoms with van der Waals surface area (Å²) in [4.78, 5) is 77.2. The van der Waals surface area contributed by atoms with Gasteiger partial charge in [0.2, 0.25) is 0 Å². The third kappa shape index (κ3) is 22.7. The molecule has 580 valence electrons. The number of nitrogens with two attached hydrogens (primary N) is 3. The molecule has 0 saturated heterocycles. The number of carbonyl (C=O) groups is 5. The molecule has 3 aromatic carbocycles. The summed E-state index contributed by atoms with van der Waals surface area (Å²) in [5.41, 5.74) is 18.8. The van der Waals surface area contributed by atoms with E-state index in [4.69, 9.17) is 85.5 Å². The van der Waals surface area contributed by atoms with Crippen molar-refractivity contribution in [2.75, 3.05) is 78.3 Å². The number of amides is 3. The number of rotatable bonds is 18. The molecular weight excluding hydrogens is 1460 g/mol. The van der Waals surface area contributed by atoms with Gasteiger partial charge in [0, 0.05) is 74.5 Å². The Morgan fingerprint density at radius 3 is 1.80 bits per heavy atom. The number of ether oxygens (including phenoxy) is 6. The van der Waals surface area contributed by atoms with Gasteiger partial charge in [0.1, 0.15) is 92.3 Å². The Balaban J connectivity index is 0.000000234. The number of aromatic hydroxyl groups is 1. The van der Waals surface area contributed by atoms with E-state index in [1.165, 1.54) is 37.8 Å². The van der Waals surface area contributed by atoms with Crippen molar-refractivity contribution in [1.29, 1.82) is 0 Å². The standard InChI is InChI=1S/C24H30ClFN6O5.C19H20ClFN6O2.C18H19ClFN5O3.C8H17NO3.CH3/c1-6-35-22(33)18-20(27)31-32-10-9-17(30-21(18)32)28-12-14-16(8-7-15(26)19(14)25)36-13(2)11-29-23(34)37-24(3,4)5;1-3-26-9-11-13(5-4-12(21)16(11)20)29-10(2)8-23-19(28)15-17(22)25-27-7-6-14(26)24-18(15)27;1-3-24(9-10-12(26)6-5-11(20)15(10)19)13-7-8-25-17(22-13)14(16(21)23-25)18(27)28-4-2;1-6(10)5-9-7(11)12-8(2,3)4;/h7-10,13H,6,11-12H2,1-5H3,(H2,27,31)(H,28,30)(H,29,34);4-7,10H,3,8-9H2,1-2H3,(H2,22,25)(H,23,28);5-8,26H,3-4,9H2,1-2H3,(H2,21,23);6,10H,5H2,1-4H3,(H,9,11);1H3/q;;;;-1/t13-;10-;;6-;/m00.1./s1. The van der Waals surface area contributed by atoms with E-state index in [-0.39, 0.29) is 132 Å². The predicted octanol–water partition coefficient (Wildman–Crippen LogP) is 11.2. The number of nitrogens with zero attached hydrogens (tertiary/aromatic N) is 11. The Morgan fingerprint density at radius 1 is 0.710 bits per heavy atom. The third-order valence-electron chi connectivity index (χ3n) is 14.8. The lowest BCUT2D eigenvalue weighted by atomic mass is 10.1. The highest BCUT2D eigenvalue weighted by atomic mass is 35.5. The molecule has 0 aliphatic carbocycles. The first-order chi connectivity index (χ1) is 50.0. The molecule has 10 rings (SSSR count). The fraction of sp³-hybridized carbons (Fsp3) is 0.400. The molecule has 1 aliphatic rings. The number of phenolic OH excluding ortho intramolecular Hbond substituents is 1. The highest BCUT2D eigenvalue weighted by molar-refractivity contribution is 6.32. The summed E-state index contributed by atoms with van der Waals surface area (Å²) in [6, 6.07) is 12.8. The second kappa shape index (κ2) is 37.5. The molecule has 107 heavy (non-hydrogen) atoms. The van der Waals surface area contributed by atoms with E-state index in [0.717, 1.165) is 6.07 Å². The number of aromatic nitrogens is 9. The normalized spacial score (nSPS) is 13.3. The number of alkyl carbamates (subject to hydrolysis) is 2. The maximum Gasteiger partial charge on any atom is 0.407 e. The smallest absolute Gasteiger partial charge is 0.407 e. The number of anilines is 6. The van der Waals surface area contributed by atoms with Gasteiger partial charge >= 0.3 is 24.1 Å². The topological polar surface area (TPSA) is 404 Å². The van der Waals surface area contributed by atoms with Crippen LogP contribution in [0.4, 0.5) is 57.7 Å². The molecule has 0 radical (unpaired) electrons. The van der Waals surface area contributed by atoms with Crippen LogP contribution in [0.1, 0.15) is 138 Å². The lowest BCUT2D eigenvalue weighted by Crippen LogP contribution is -2.37. The van der Waals surface area contributed by atoms with Crippen LogP contribution in [0.25, 0.3) is 16.9 Å². The zero-order valence-electron chi connectivity index (χ0n) is 61.5. The molecule has 0 unspecified atom stereocenters. The summed E-state index contributed by atoms with van der Waals surface area (Å²) >= 11 is 18.5. The van der Waals surface area contributed by atoms with Gasteiger partial charge in [0.25, 0.3) is 5.91 Å². The first-order valence-electron chi connectivity index (χ1n) is 33.3.